The Balaban J connectivity index is 2.48. The van der Waals surface area contributed by atoms with Gasteiger partial charge in [-0.3, -0.25) is 0 Å². The number of hydrogen-bond acceptors (Lipinski definition) is 2. The molecule has 0 aliphatic heterocycles. The number of aromatic nitrogens is 3. The van der Waals surface area contributed by atoms with Crippen molar-refractivity contribution in [2.45, 2.75) is 34.6 Å². The first-order chi connectivity index (χ1) is 9.52. The largest absolute Gasteiger partial charge is 0.317 e. The van der Waals surface area contributed by atoms with Gasteiger partial charge in [0, 0.05) is 27.8 Å². The Hall–Kier alpha value is -2.16. The van der Waals surface area contributed by atoms with Crippen molar-refractivity contribution < 1.29 is 0 Å². The van der Waals surface area contributed by atoms with Gasteiger partial charge in [0.05, 0.1) is 11.4 Å². The quantitative estimate of drug-likeness (QED) is 0.666. The highest BCUT2D eigenvalue weighted by Gasteiger charge is 2.17. The van der Waals surface area contributed by atoms with Crippen LogP contribution in [0.15, 0.2) is 24.3 Å². The molecule has 0 atom stereocenters. The van der Waals surface area contributed by atoms with Crippen molar-refractivity contribution in [3.63, 3.8) is 0 Å². The Bertz CT molecular complexity index is 768. The molecule has 0 N–H and O–H groups in total. The SMILES string of the molecule is Cc1ccccc1-n1c(C)c2c(C)nnc(C)c2c1C. The minimum Gasteiger partial charge on any atom is -0.317 e. The molecule has 0 aliphatic rings. The number of aryl methyl sites for hydroxylation is 5. The summed E-state index contributed by atoms with van der Waals surface area (Å²) < 4.78 is 2.32. The summed E-state index contributed by atoms with van der Waals surface area (Å²) in [5.41, 5.74) is 6.98. The van der Waals surface area contributed by atoms with Gasteiger partial charge in [0.15, 0.2) is 0 Å². The third-order valence-electron chi connectivity index (χ3n) is 4.07. The Morgan fingerprint density at radius 2 is 1.25 bits per heavy atom. The first-order valence-electron chi connectivity index (χ1n) is 6.90. The second-order valence-electron chi connectivity index (χ2n) is 5.41. The lowest BCUT2D eigenvalue weighted by Gasteiger charge is -2.12. The molecule has 3 rings (SSSR count). The van der Waals surface area contributed by atoms with E-state index in [-0.39, 0.29) is 0 Å². The molecular weight excluding hydrogens is 246 g/mol. The normalized spacial score (nSPS) is 11.2. The van der Waals surface area contributed by atoms with Crippen LogP contribution in [-0.2, 0) is 0 Å². The first kappa shape index (κ1) is 12.9. The van der Waals surface area contributed by atoms with Crippen molar-refractivity contribution in [3.8, 4) is 5.69 Å². The zero-order valence-electron chi connectivity index (χ0n) is 12.7. The molecule has 0 bridgehead atoms. The summed E-state index contributed by atoms with van der Waals surface area (Å²) in [4.78, 5) is 0. The average molecular weight is 265 g/mol. The topological polar surface area (TPSA) is 30.7 Å². The molecule has 2 aromatic heterocycles. The molecule has 0 radical (unpaired) electrons. The fourth-order valence-corrected chi connectivity index (χ4v) is 3.15. The molecular formula is C17H19N3. The zero-order valence-corrected chi connectivity index (χ0v) is 12.7. The Kier molecular flexibility index (Phi) is 2.85. The molecule has 3 heteroatoms. The summed E-state index contributed by atoms with van der Waals surface area (Å²) in [6, 6.07) is 8.48. The van der Waals surface area contributed by atoms with Crippen LogP contribution in [0, 0.1) is 34.6 Å². The molecule has 0 unspecified atom stereocenters. The lowest BCUT2D eigenvalue weighted by Crippen LogP contribution is -2.01. The Morgan fingerprint density at radius 3 is 1.75 bits per heavy atom. The third-order valence-corrected chi connectivity index (χ3v) is 4.07. The summed E-state index contributed by atoms with van der Waals surface area (Å²) in [5.74, 6) is 0. The van der Waals surface area contributed by atoms with Crippen LogP contribution in [0.5, 0.6) is 0 Å². The van der Waals surface area contributed by atoms with Crippen LogP contribution in [0.3, 0.4) is 0 Å². The predicted octanol–water partition coefficient (Wildman–Crippen LogP) is 3.96. The molecule has 0 saturated heterocycles. The molecule has 102 valence electrons. The molecule has 1 aromatic carbocycles. The molecule has 20 heavy (non-hydrogen) atoms. The van der Waals surface area contributed by atoms with E-state index in [1.807, 2.05) is 13.8 Å². The van der Waals surface area contributed by atoms with Gasteiger partial charge in [-0.2, -0.15) is 10.2 Å². The lowest BCUT2D eigenvalue weighted by molar-refractivity contribution is 0.962. The number of hydrogen-bond donors (Lipinski definition) is 0. The molecule has 0 aliphatic carbocycles. The van der Waals surface area contributed by atoms with E-state index in [1.165, 1.54) is 33.4 Å². The van der Waals surface area contributed by atoms with E-state index >= 15 is 0 Å². The fourth-order valence-electron chi connectivity index (χ4n) is 3.15. The smallest absolute Gasteiger partial charge is 0.0696 e. The van der Waals surface area contributed by atoms with Crippen LogP contribution >= 0.6 is 0 Å². The highest BCUT2D eigenvalue weighted by molar-refractivity contribution is 5.92. The Labute approximate surface area is 119 Å². The summed E-state index contributed by atoms with van der Waals surface area (Å²) in [6.07, 6.45) is 0. The summed E-state index contributed by atoms with van der Waals surface area (Å²) >= 11 is 0. The van der Waals surface area contributed by atoms with Crippen molar-refractivity contribution in [2.75, 3.05) is 0 Å². The van der Waals surface area contributed by atoms with E-state index in [0.29, 0.717) is 0 Å². The van der Waals surface area contributed by atoms with Crippen molar-refractivity contribution in [1.82, 2.24) is 14.8 Å². The van der Waals surface area contributed by atoms with Crippen LogP contribution in [0.25, 0.3) is 16.5 Å². The van der Waals surface area contributed by atoms with Gasteiger partial charge in [-0.25, -0.2) is 0 Å². The van der Waals surface area contributed by atoms with Crippen molar-refractivity contribution >= 4 is 10.8 Å². The van der Waals surface area contributed by atoms with Crippen LogP contribution in [-0.4, -0.2) is 14.8 Å². The summed E-state index contributed by atoms with van der Waals surface area (Å²) in [7, 11) is 0. The van der Waals surface area contributed by atoms with E-state index in [9.17, 15) is 0 Å². The number of para-hydroxylation sites is 1. The fraction of sp³-hybridized carbons (Fsp3) is 0.294. The maximum Gasteiger partial charge on any atom is 0.0696 e. The van der Waals surface area contributed by atoms with Gasteiger partial charge in [-0.1, -0.05) is 18.2 Å². The minimum absolute atomic E-state index is 0.999. The highest BCUT2D eigenvalue weighted by atomic mass is 15.1. The van der Waals surface area contributed by atoms with E-state index < -0.39 is 0 Å². The second-order valence-corrected chi connectivity index (χ2v) is 5.41. The van der Waals surface area contributed by atoms with E-state index in [4.69, 9.17) is 0 Å². The van der Waals surface area contributed by atoms with Crippen LogP contribution in [0.1, 0.15) is 28.3 Å². The number of fused-ring (bicyclic) bond motifs is 1. The lowest BCUT2D eigenvalue weighted by atomic mass is 10.1. The number of benzene rings is 1. The van der Waals surface area contributed by atoms with E-state index in [0.717, 1.165) is 11.4 Å². The van der Waals surface area contributed by atoms with Gasteiger partial charge < -0.3 is 4.57 Å². The summed E-state index contributed by atoms with van der Waals surface area (Å²) in [5, 5.41) is 11.0. The van der Waals surface area contributed by atoms with Gasteiger partial charge in [-0.15, -0.1) is 0 Å². The average Bonchev–Trinajstić information content (AvgIpc) is 2.68. The van der Waals surface area contributed by atoms with Gasteiger partial charge in [-0.05, 0) is 46.2 Å². The maximum atomic E-state index is 4.27. The first-order valence-corrected chi connectivity index (χ1v) is 6.90. The van der Waals surface area contributed by atoms with Crippen LogP contribution in [0.2, 0.25) is 0 Å². The third kappa shape index (κ3) is 1.66. The molecule has 0 saturated carbocycles. The number of rotatable bonds is 1. The minimum atomic E-state index is 0.999. The zero-order chi connectivity index (χ0) is 14.4. The maximum absolute atomic E-state index is 4.27. The molecule has 0 spiro atoms. The van der Waals surface area contributed by atoms with Crippen LogP contribution < -0.4 is 0 Å². The molecule has 3 nitrogen and oxygen atoms in total. The van der Waals surface area contributed by atoms with Gasteiger partial charge in [0.2, 0.25) is 0 Å². The second kappa shape index (κ2) is 4.44. The van der Waals surface area contributed by atoms with Crippen molar-refractivity contribution in [3.05, 3.63) is 52.6 Å². The van der Waals surface area contributed by atoms with Crippen LogP contribution in [0.4, 0.5) is 0 Å². The molecule has 2 heterocycles. The van der Waals surface area contributed by atoms with Crippen molar-refractivity contribution in [1.29, 1.82) is 0 Å². The van der Waals surface area contributed by atoms with Crippen molar-refractivity contribution in [2.24, 2.45) is 0 Å². The van der Waals surface area contributed by atoms with E-state index in [2.05, 4.69) is 59.8 Å². The van der Waals surface area contributed by atoms with Gasteiger partial charge >= 0.3 is 0 Å². The van der Waals surface area contributed by atoms with Gasteiger partial charge in [0.1, 0.15) is 0 Å². The molecule has 0 fully saturated rings. The van der Waals surface area contributed by atoms with Gasteiger partial charge in [0.25, 0.3) is 0 Å². The standard InChI is InChI=1S/C17H19N3/c1-10-8-6-7-9-15(10)20-13(4)16-11(2)18-19-12(3)17(16)14(20)5/h6-9H,1-5H3. The number of nitrogens with zero attached hydrogens (tertiary/aromatic N) is 3. The monoisotopic (exact) mass is 265 g/mol. The Morgan fingerprint density at radius 1 is 0.750 bits per heavy atom. The molecule has 3 aromatic rings. The molecule has 0 amide bonds. The highest BCUT2D eigenvalue weighted by Crippen LogP contribution is 2.32. The predicted molar refractivity (Wildman–Crippen MR) is 82.6 cm³/mol. The van der Waals surface area contributed by atoms with E-state index in [1.54, 1.807) is 0 Å². The summed E-state index contributed by atoms with van der Waals surface area (Å²) in [6.45, 7) is 10.5.